The molecule has 2 rings (SSSR count). The van der Waals surface area contributed by atoms with Gasteiger partial charge in [0.15, 0.2) is 0 Å². The van der Waals surface area contributed by atoms with E-state index in [1.165, 1.54) is 19.3 Å². The van der Waals surface area contributed by atoms with E-state index < -0.39 is 11.5 Å². The fourth-order valence-corrected chi connectivity index (χ4v) is 3.07. The average Bonchev–Trinajstić information content (AvgIpc) is 2.49. The summed E-state index contributed by atoms with van der Waals surface area (Å²) in [6.45, 7) is 4.17. The Hall–Kier alpha value is -1.55. The van der Waals surface area contributed by atoms with E-state index in [1.807, 2.05) is 31.2 Å². The Morgan fingerprint density at radius 3 is 2.62 bits per heavy atom. The molecule has 0 heterocycles. The molecule has 1 aliphatic carbocycles. The van der Waals surface area contributed by atoms with Crippen molar-refractivity contribution in [2.24, 2.45) is 0 Å². The highest BCUT2D eigenvalue weighted by Crippen LogP contribution is 2.32. The van der Waals surface area contributed by atoms with Gasteiger partial charge in [0, 0.05) is 11.6 Å². The second kappa shape index (κ2) is 6.94. The van der Waals surface area contributed by atoms with Crippen LogP contribution in [0.4, 0.5) is 0 Å². The van der Waals surface area contributed by atoms with E-state index in [9.17, 15) is 9.90 Å². The first-order valence-corrected chi connectivity index (χ1v) is 7.81. The van der Waals surface area contributed by atoms with Crippen LogP contribution >= 0.6 is 0 Å². The Balaban J connectivity index is 2.30. The maximum Gasteiger partial charge on any atom is 0.328 e. The van der Waals surface area contributed by atoms with Crippen molar-refractivity contribution in [2.75, 3.05) is 6.61 Å². The van der Waals surface area contributed by atoms with Gasteiger partial charge in [0.1, 0.15) is 11.3 Å². The molecule has 1 atom stereocenters. The van der Waals surface area contributed by atoms with Crippen molar-refractivity contribution >= 4 is 5.97 Å². The molecule has 0 saturated heterocycles. The molecule has 1 aliphatic rings. The Labute approximate surface area is 126 Å². The van der Waals surface area contributed by atoms with Crippen molar-refractivity contribution in [3.05, 3.63) is 29.8 Å². The third kappa shape index (κ3) is 3.56. The Kier molecular flexibility index (Phi) is 5.23. The Morgan fingerprint density at radius 2 is 2.00 bits per heavy atom. The zero-order chi connectivity index (χ0) is 15.3. The Bertz CT molecular complexity index is 483. The predicted molar refractivity (Wildman–Crippen MR) is 82.6 cm³/mol. The van der Waals surface area contributed by atoms with Crippen molar-refractivity contribution in [1.82, 2.24) is 5.32 Å². The molecule has 4 heteroatoms. The molecule has 116 valence electrons. The summed E-state index contributed by atoms with van der Waals surface area (Å²) in [6.07, 6.45) is 5.66. The number of carboxylic acids is 1. The monoisotopic (exact) mass is 291 g/mol. The zero-order valence-corrected chi connectivity index (χ0v) is 12.9. The van der Waals surface area contributed by atoms with Crippen LogP contribution < -0.4 is 10.1 Å². The molecule has 0 amide bonds. The van der Waals surface area contributed by atoms with Crippen LogP contribution in [0.15, 0.2) is 24.3 Å². The smallest absolute Gasteiger partial charge is 0.328 e. The molecule has 1 saturated carbocycles. The summed E-state index contributed by atoms with van der Waals surface area (Å²) in [7, 11) is 0. The quantitative estimate of drug-likeness (QED) is 0.844. The fraction of sp³-hybridized carbons (Fsp3) is 0.588. The van der Waals surface area contributed by atoms with Crippen LogP contribution in [-0.4, -0.2) is 23.7 Å². The summed E-state index contributed by atoms with van der Waals surface area (Å²) in [5.74, 6) is -0.214. The van der Waals surface area contributed by atoms with E-state index in [0.29, 0.717) is 17.9 Å². The second-order valence-corrected chi connectivity index (χ2v) is 5.84. The topological polar surface area (TPSA) is 58.6 Å². The molecule has 0 bridgehead atoms. The van der Waals surface area contributed by atoms with E-state index in [4.69, 9.17) is 4.74 Å². The zero-order valence-electron chi connectivity index (χ0n) is 12.9. The maximum absolute atomic E-state index is 11.9. The van der Waals surface area contributed by atoms with Gasteiger partial charge in [-0.2, -0.15) is 0 Å². The van der Waals surface area contributed by atoms with Gasteiger partial charge >= 0.3 is 5.97 Å². The van der Waals surface area contributed by atoms with E-state index in [1.54, 1.807) is 6.92 Å². The van der Waals surface area contributed by atoms with Crippen LogP contribution in [0.3, 0.4) is 0 Å². The normalized spacial score (nSPS) is 19.0. The van der Waals surface area contributed by atoms with E-state index in [2.05, 4.69) is 5.32 Å². The van der Waals surface area contributed by atoms with Crippen LogP contribution in [0.25, 0.3) is 0 Å². The largest absolute Gasteiger partial charge is 0.494 e. The van der Waals surface area contributed by atoms with Gasteiger partial charge in [-0.15, -0.1) is 0 Å². The minimum Gasteiger partial charge on any atom is -0.494 e. The van der Waals surface area contributed by atoms with Gasteiger partial charge in [0.2, 0.25) is 0 Å². The first kappa shape index (κ1) is 15.8. The molecule has 1 aromatic carbocycles. The van der Waals surface area contributed by atoms with Gasteiger partial charge in [0.25, 0.3) is 0 Å². The number of para-hydroxylation sites is 1. The van der Waals surface area contributed by atoms with Crippen LogP contribution in [-0.2, 0) is 10.3 Å². The van der Waals surface area contributed by atoms with Gasteiger partial charge in [0.05, 0.1) is 6.61 Å². The van der Waals surface area contributed by atoms with Crippen LogP contribution in [0.2, 0.25) is 0 Å². The van der Waals surface area contributed by atoms with Gasteiger partial charge in [-0.25, -0.2) is 4.79 Å². The number of carboxylic acid groups (broad SMARTS) is 1. The molecular formula is C17H25NO3. The molecular weight excluding hydrogens is 266 g/mol. The van der Waals surface area contributed by atoms with Crippen molar-refractivity contribution in [1.29, 1.82) is 0 Å². The molecule has 0 aliphatic heterocycles. The summed E-state index contributed by atoms with van der Waals surface area (Å²) in [5, 5.41) is 13.2. The van der Waals surface area contributed by atoms with Crippen molar-refractivity contribution in [2.45, 2.75) is 57.5 Å². The van der Waals surface area contributed by atoms with Gasteiger partial charge in [-0.1, -0.05) is 37.5 Å². The number of hydrogen-bond acceptors (Lipinski definition) is 3. The highest BCUT2D eigenvalue weighted by atomic mass is 16.5. The lowest BCUT2D eigenvalue weighted by Crippen LogP contribution is -2.52. The molecule has 0 aromatic heterocycles. The number of nitrogens with one attached hydrogen (secondary N) is 1. The van der Waals surface area contributed by atoms with Crippen molar-refractivity contribution in [3.63, 3.8) is 0 Å². The third-order valence-corrected chi connectivity index (χ3v) is 4.25. The number of ether oxygens (including phenoxy) is 1. The van der Waals surface area contributed by atoms with Gasteiger partial charge in [-0.05, 0) is 32.8 Å². The second-order valence-electron chi connectivity index (χ2n) is 5.84. The number of carbonyl (C=O) groups is 1. The predicted octanol–water partition coefficient (Wildman–Crippen LogP) is 3.31. The van der Waals surface area contributed by atoms with E-state index in [0.717, 1.165) is 12.8 Å². The molecule has 0 radical (unpaired) electrons. The highest BCUT2D eigenvalue weighted by Gasteiger charge is 2.39. The molecule has 1 fully saturated rings. The van der Waals surface area contributed by atoms with E-state index in [-0.39, 0.29) is 6.04 Å². The molecule has 21 heavy (non-hydrogen) atoms. The summed E-state index contributed by atoms with van der Waals surface area (Å²) in [6, 6.07) is 7.67. The lowest BCUT2D eigenvalue weighted by Gasteiger charge is -2.34. The fourth-order valence-electron chi connectivity index (χ4n) is 3.07. The summed E-state index contributed by atoms with van der Waals surface area (Å²) >= 11 is 0. The number of rotatable bonds is 6. The first-order valence-electron chi connectivity index (χ1n) is 7.81. The summed E-state index contributed by atoms with van der Waals surface area (Å²) < 4.78 is 5.62. The molecule has 1 unspecified atom stereocenters. The molecule has 1 aromatic rings. The standard InChI is InChI=1S/C17H25NO3/c1-3-21-15-12-8-7-11-14(15)17(2,16(19)20)18-13-9-5-4-6-10-13/h7-8,11-13,18H,3-6,9-10H2,1-2H3,(H,19,20). The summed E-state index contributed by atoms with van der Waals surface area (Å²) in [5.41, 5.74) is -0.418. The lowest BCUT2D eigenvalue weighted by molar-refractivity contribution is -0.145. The summed E-state index contributed by atoms with van der Waals surface area (Å²) in [4.78, 5) is 11.9. The van der Waals surface area contributed by atoms with Crippen LogP contribution in [0.1, 0.15) is 51.5 Å². The minimum atomic E-state index is -1.12. The third-order valence-electron chi connectivity index (χ3n) is 4.25. The SMILES string of the molecule is CCOc1ccccc1C(C)(NC1CCCCC1)C(=O)O. The van der Waals surface area contributed by atoms with Gasteiger partial charge < -0.3 is 9.84 Å². The highest BCUT2D eigenvalue weighted by molar-refractivity contribution is 5.81. The lowest BCUT2D eigenvalue weighted by atomic mass is 9.87. The van der Waals surface area contributed by atoms with Crippen molar-refractivity contribution in [3.8, 4) is 5.75 Å². The number of hydrogen-bond donors (Lipinski definition) is 2. The molecule has 4 nitrogen and oxygen atoms in total. The Morgan fingerprint density at radius 1 is 1.33 bits per heavy atom. The van der Waals surface area contributed by atoms with E-state index >= 15 is 0 Å². The number of aliphatic carboxylic acids is 1. The molecule has 0 spiro atoms. The molecule has 2 N–H and O–H groups in total. The van der Waals surface area contributed by atoms with Crippen LogP contribution in [0, 0.1) is 0 Å². The van der Waals surface area contributed by atoms with Crippen LogP contribution in [0.5, 0.6) is 5.75 Å². The van der Waals surface area contributed by atoms with Gasteiger partial charge in [-0.3, -0.25) is 5.32 Å². The number of benzene rings is 1. The average molecular weight is 291 g/mol. The van der Waals surface area contributed by atoms with Crippen molar-refractivity contribution < 1.29 is 14.6 Å². The first-order chi connectivity index (χ1) is 10.1. The maximum atomic E-state index is 11.9. The minimum absolute atomic E-state index is 0.259.